The largest absolute Gasteiger partial charge is 0.483 e. The fourth-order valence-corrected chi connectivity index (χ4v) is 1.21. The second-order valence-corrected chi connectivity index (χ2v) is 3.37. The van der Waals surface area contributed by atoms with Crippen molar-refractivity contribution in [1.82, 2.24) is 15.3 Å². The number of aromatic nitrogens is 2. The Hall–Kier alpha value is -2.72. The number of esters is 1. The number of hydrogen-bond donors (Lipinski definition) is 2. The number of nitrogens with zero attached hydrogens (tertiary/aromatic N) is 2. The van der Waals surface area contributed by atoms with E-state index < -0.39 is 29.7 Å². The molecule has 1 aromatic rings. The Balaban J connectivity index is 0.00000135. The van der Waals surface area contributed by atoms with Crippen molar-refractivity contribution in [2.45, 2.75) is 19.1 Å². The molecule has 11 heteroatoms. The molecular weight excluding hydrogens is 311 g/mol. The number of nitrogens with one attached hydrogen (secondary N) is 1. The minimum absolute atomic E-state index is 0.00876. The molecule has 1 atom stereocenters. The highest BCUT2D eigenvalue weighted by Gasteiger charge is 2.34. The van der Waals surface area contributed by atoms with Gasteiger partial charge in [-0.2, -0.15) is 13.2 Å². The molecule has 2 N–H and O–H groups in total. The molecule has 0 aliphatic carbocycles. The Morgan fingerprint density at radius 2 is 2.09 bits per heavy atom. The summed E-state index contributed by atoms with van der Waals surface area (Å²) < 4.78 is 42.0. The first-order chi connectivity index (χ1) is 10.3. The van der Waals surface area contributed by atoms with Gasteiger partial charge in [-0.25, -0.2) is 14.8 Å². The molecule has 0 spiro atoms. The van der Waals surface area contributed by atoms with Crippen LogP contribution >= 0.6 is 0 Å². The zero-order chi connectivity index (χ0) is 17.2. The maximum Gasteiger partial charge on any atom is 0.433 e. The molecule has 0 radical (unpaired) electrons. The summed E-state index contributed by atoms with van der Waals surface area (Å²) in [5.41, 5.74) is -1.21. The third-order valence-electron chi connectivity index (χ3n) is 1.98. The minimum atomic E-state index is -4.67. The molecule has 122 valence electrons. The van der Waals surface area contributed by atoms with E-state index in [1.165, 1.54) is 6.92 Å². The third-order valence-corrected chi connectivity index (χ3v) is 1.98. The Morgan fingerprint density at radius 1 is 1.50 bits per heavy atom. The van der Waals surface area contributed by atoms with Gasteiger partial charge in [-0.1, -0.05) is 0 Å². The van der Waals surface area contributed by atoms with E-state index in [1.807, 2.05) is 5.32 Å². The first-order valence-corrected chi connectivity index (χ1v) is 5.66. The zero-order valence-electron chi connectivity index (χ0n) is 11.2. The Kier molecular flexibility index (Phi) is 8.11. The number of amides is 1. The topological polar surface area (TPSA) is 118 Å². The van der Waals surface area contributed by atoms with Gasteiger partial charge < -0.3 is 15.2 Å². The summed E-state index contributed by atoms with van der Waals surface area (Å²) in [6, 6.07) is -0.813. The van der Waals surface area contributed by atoms with Gasteiger partial charge in [0.1, 0.15) is 5.69 Å². The molecule has 1 heterocycles. The van der Waals surface area contributed by atoms with Crippen molar-refractivity contribution in [2.75, 3.05) is 6.61 Å². The van der Waals surface area contributed by atoms with Gasteiger partial charge in [0.15, 0.2) is 11.9 Å². The van der Waals surface area contributed by atoms with Gasteiger partial charge in [0, 0.05) is 6.20 Å². The van der Waals surface area contributed by atoms with Crippen LogP contribution in [0.4, 0.5) is 13.2 Å². The Bertz CT molecular complexity index is 510. The van der Waals surface area contributed by atoms with E-state index in [2.05, 4.69) is 14.7 Å². The number of hydrogen-bond acceptors (Lipinski definition) is 6. The zero-order valence-corrected chi connectivity index (χ0v) is 11.2. The van der Waals surface area contributed by atoms with Gasteiger partial charge in [-0.3, -0.25) is 9.59 Å². The standard InChI is InChI=1S/C10H10F3N3O3.CH2O2/c1-2-19-9(18)7(15-5-17)8-14-4-3-6(16-8)10(11,12)13;2-1-3/h3-5,7H,2H2,1H3,(H,15,17);1H,(H,2,3). The van der Waals surface area contributed by atoms with Crippen LogP contribution in [-0.4, -0.2) is 40.5 Å². The summed E-state index contributed by atoms with van der Waals surface area (Å²) in [4.78, 5) is 37.0. The highest BCUT2D eigenvalue weighted by molar-refractivity contribution is 5.78. The number of halogens is 3. The first-order valence-electron chi connectivity index (χ1n) is 5.66. The van der Waals surface area contributed by atoms with Crippen molar-refractivity contribution in [3.63, 3.8) is 0 Å². The summed E-state index contributed by atoms with van der Waals surface area (Å²) in [5.74, 6) is -1.42. The van der Waals surface area contributed by atoms with Gasteiger partial charge in [-0.15, -0.1) is 0 Å². The number of rotatable bonds is 5. The maximum absolute atomic E-state index is 12.5. The number of carboxylic acid groups (broad SMARTS) is 1. The fraction of sp³-hybridized carbons (Fsp3) is 0.364. The van der Waals surface area contributed by atoms with Crippen LogP contribution in [0.1, 0.15) is 24.5 Å². The molecule has 22 heavy (non-hydrogen) atoms. The highest BCUT2D eigenvalue weighted by atomic mass is 19.4. The number of ether oxygens (including phenoxy) is 1. The van der Waals surface area contributed by atoms with Crippen molar-refractivity contribution in [3.8, 4) is 0 Å². The van der Waals surface area contributed by atoms with Gasteiger partial charge in [0.25, 0.3) is 6.47 Å². The molecular formula is C11H12F3N3O5. The molecule has 0 saturated heterocycles. The summed E-state index contributed by atoms with van der Waals surface area (Å²) in [5, 5.41) is 8.90. The van der Waals surface area contributed by atoms with E-state index in [0.717, 1.165) is 6.20 Å². The molecule has 0 aromatic carbocycles. The van der Waals surface area contributed by atoms with E-state index in [4.69, 9.17) is 9.90 Å². The number of alkyl halides is 3. The molecule has 0 saturated carbocycles. The molecule has 0 fully saturated rings. The molecule has 1 unspecified atom stereocenters. The second kappa shape index (κ2) is 9.26. The SMILES string of the molecule is CCOC(=O)C(NC=O)c1nccc(C(F)(F)F)n1.O=CO. The predicted molar refractivity (Wildman–Crippen MR) is 64.3 cm³/mol. The van der Waals surface area contributed by atoms with Crippen molar-refractivity contribution >= 4 is 18.9 Å². The molecule has 0 bridgehead atoms. The fourth-order valence-electron chi connectivity index (χ4n) is 1.21. The van der Waals surface area contributed by atoms with Crippen molar-refractivity contribution in [3.05, 3.63) is 23.8 Å². The molecule has 1 aromatic heterocycles. The second-order valence-electron chi connectivity index (χ2n) is 3.37. The van der Waals surface area contributed by atoms with Gasteiger partial charge >= 0.3 is 12.1 Å². The van der Waals surface area contributed by atoms with Gasteiger partial charge in [-0.05, 0) is 13.0 Å². The van der Waals surface area contributed by atoms with Crippen LogP contribution in [0.15, 0.2) is 12.3 Å². The van der Waals surface area contributed by atoms with E-state index in [-0.39, 0.29) is 19.5 Å². The lowest BCUT2D eigenvalue weighted by Gasteiger charge is -2.14. The monoisotopic (exact) mass is 323 g/mol. The maximum atomic E-state index is 12.5. The van der Waals surface area contributed by atoms with E-state index in [9.17, 15) is 22.8 Å². The summed E-state index contributed by atoms with van der Waals surface area (Å²) >= 11 is 0. The van der Waals surface area contributed by atoms with Crippen molar-refractivity contribution in [2.24, 2.45) is 0 Å². The minimum Gasteiger partial charge on any atom is -0.483 e. The van der Waals surface area contributed by atoms with Crippen molar-refractivity contribution < 1.29 is 37.4 Å². The average molecular weight is 323 g/mol. The van der Waals surface area contributed by atoms with Crippen molar-refractivity contribution in [1.29, 1.82) is 0 Å². The molecule has 0 aliphatic heterocycles. The molecule has 1 rings (SSSR count). The van der Waals surface area contributed by atoms with Crippen LogP contribution in [0.2, 0.25) is 0 Å². The Labute approximate surface area is 122 Å². The first kappa shape index (κ1) is 19.3. The third kappa shape index (κ3) is 6.15. The van der Waals surface area contributed by atoms with Gasteiger partial charge in [0.2, 0.25) is 6.41 Å². The number of carbonyl (C=O) groups excluding carboxylic acids is 2. The summed E-state index contributed by atoms with van der Waals surface area (Å²) in [6.07, 6.45) is -3.66. The molecule has 8 nitrogen and oxygen atoms in total. The average Bonchev–Trinajstić information content (AvgIpc) is 2.45. The number of carbonyl (C=O) groups is 3. The Morgan fingerprint density at radius 3 is 2.55 bits per heavy atom. The predicted octanol–water partition coefficient (Wildman–Crippen LogP) is 0.546. The summed E-state index contributed by atoms with van der Waals surface area (Å²) in [7, 11) is 0. The summed E-state index contributed by atoms with van der Waals surface area (Å²) in [6.45, 7) is 1.28. The van der Waals surface area contributed by atoms with E-state index in [0.29, 0.717) is 6.07 Å². The normalized spacial score (nSPS) is 11.5. The lowest BCUT2D eigenvalue weighted by atomic mass is 10.2. The lowest BCUT2D eigenvalue weighted by molar-refractivity contribution is -0.147. The van der Waals surface area contributed by atoms with Crippen LogP contribution in [0.25, 0.3) is 0 Å². The molecule has 0 aliphatic rings. The van der Waals surface area contributed by atoms with Crippen LogP contribution in [0.5, 0.6) is 0 Å². The highest BCUT2D eigenvalue weighted by Crippen LogP contribution is 2.27. The van der Waals surface area contributed by atoms with Gasteiger partial charge in [0.05, 0.1) is 6.61 Å². The van der Waals surface area contributed by atoms with Crippen LogP contribution in [0, 0.1) is 0 Å². The van der Waals surface area contributed by atoms with Crippen LogP contribution in [0.3, 0.4) is 0 Å². The van der Waals surface area contributed by atoms with Crippen LogP contribution in [-0.2, 0) is 25.3 Å². The van der Waals surface area contributed by atoms with Crippen LogP contribution < -0.4 is 5.32 Å². The smallest absolute Gasteiger partial charge is 0.433 e. The molecule has 1 amide bonds. The lowest BCUT2D eigenvalue weighted by Crippen LogP contribution is -2.31. The van der Waals surface area contributed by atoms with E-state index >= 15 is 0 Å². The van der Waals surface area contributed by atoms with E-state index in [1.54, 1.807) is 0 Å². The quantitative estimate of drug-likeness (QED) is 0.600.